The van der Waals surface area contributed by atoms with E-state index in [1.165, 1.54) is 116 Å². The lowest BCUT2D eigenvalue weighted by molar-refractivity contribution is -0.147. The lowest BCUT2D eigenvalue weighted by Gasteiger charge is -2.15. The van der Waals surface area contributed by atoms with Gasteiger partial charge in [0.25, 0.3) is 0 Å². The summed E-state index contributed by atoms with van der Waals surface area (Å²) in [7, 11) is 0. The Morgan fingerprint density at radius 1 is 0.545 bits per heavy atom. The Morgan fingerprint density at radius 2 is 0.982 bits per heavy atom. The molecule has 0 radical (unpaired) electrons. The number of unbranched alkanes of at least 4 members (excludes halogenated alkanes) is 21. The first-order valence-corrected chi connectivity index (χ1v) is 23.0. The van der Waals surface area contributed by atoms with E-state index >= 15 is 0 Å². The van der Waals surface area contributed by atoms with Gasteiger partial charge in [-0.15, -0.1) is 0 Å². The molecule has 0 bridgehead atoms. The van der Waals surface area contributed by atoms with Crippen LogP contribution >= 0.6 is 0 Å². The number of rotatable bonds is 41. The van der Waals surface area contributed by atoms with E-state index < -0.39 is 12.0 Å². The van der Waals surface area contributed by atoms with E-state index in [9.17, 15) is 19.5 Å². The summed E-state index contributed by atoms with van der Waals surface area (Å²) in [5, 5.41) is 12.0. The fourth-order valence-corrected chi connectivity index (χ4v) is 6.71. The van der Waals surface area contributed by atoms with Crippen LogP contribution in [0.5, 0.6) is 0 Å². The highest BCUT2D eigenvalue weighted by Gasteiger charge is 2.19. The summed E-state index contributed by atoms with van der Waals surface area (Å²) >= 11 is 0. The van der Waals surface area contributed by atoms with Crippen molar-refractivity contribution in [2.24, 2.45) is 5.73 Å². The van der Waals surface area contributed by atoms with Crippen LogP contribution < -0.4 is 11.1 Å². The molecule has 55 heavy (non-hydrogen) atoms. The lowest BCUT2D eigenvalue weighted by Crippen LogP contribution is -2.40. The molecule has 0 aromatic heterocycles. The zero-order chi connectivity index (χ0) is 40.3. The Morgan fingerprint density at radius 3 is 1.45 bits per heavy atom. The molecule has 7 heteroatoms. The second kappa shape index (κ2) is 42.5. The predicted octanol–water partition coefficient (Wildman–Crippen LogP) is 13.2. The number of carboxylic acid groups (broad SMARTS) is 1. The third kappa shape index (κ3) is 39.4. The van der Waals surface area contributed by atoms with Crippen molar-refractivity contribution in [3.05, 3.63) is 48.6 Å². The maximum absolute atomic E-state index is 12.8. The molecule has 2 unspecified atom stereocenters. The van der Waals surface area contributed by atoms with Crippen molar-refractivity contribution in [3.63, 3.8) is 0 Å². The third-order valence-electron chi connectivity index (χ3n) is 10.1. The number of hydrogen-bond acceptors (Lipinski definition) is 5. The van der Waals surface area contributed by atoms with Crippen LogP contribution in [0.2, 0.25) is 0 Å². The number of carboxylic acids is 1. The molecule has 4 N–H and O–H groups in total. The van der Waals surface area contributed by atoms with E-state index in [1.54, 1.807) is 0 Å². The minimum Gasteiger partial charge on any atom is -0.480 e. The molecular weight excluding hydrogens is 685 g/mol. The Kier molecular flexibility index (Phi) is 40.4. The van der Waals surface area contributed by atoms with Gasteiger partial charge in [-0.25, -0.2) is 4.79 Å². The molecule has 0 saturated carbocycles. The van der Waals surface area contributed by atoms with Gasteiger partial charge in [-0.3, -0.25) is 9.59 Å². The molecule has 0 saturated heterocycles. The third-order valence-corrected chi connectivity index (χ3v) is 10.1. The number of ether oxygens (including phenoxy) is 1. The lowest BCUT2D eigenvalue weighted by atomic mass is 10.0. The largest absolute Gasteiger partial charge is 0.480 e. The normalized spacial score (nSPS) is 13.1. The van der Waals surface area contributed by atoms with Crippen LogP contribution in [0.15, 0.2) is 48.6 Å². The highest BCUT2D eigenvalue weighted by atomic mass is 16.5. The number of amides is 1. The van der Waals surface area contributed by atoms with Crippen molar-refractivity contribution in [1.82, 2.24) is 5.32 Å². The summed E-state index contributed by atoms with van der Waals surface area (Å²) in [6, 6.07) is -0.892. The van der Waals surface area contributed by atoms with Crippen LogP contribution in [0, 0.1) is 0 Å². The van der Waals surface area contributed by atoms with Crippen molar-refractivity contribution < 1.29 is 24.2 Å². The quantitative estimate of drug-likeness (QED) is 0.0324. The molecule has 0 heterocycles. The Hall–Kier alpha value is -2.67. The van der Waals surface area contributed by atoms with Gasteiger partial charge in [0.05, 0.1) is 0 Å². The summed E-state index contributed by atoms with van der Waals surface area (Å²) in [5.41, 5.74) is 5.49. The first-order valence-electron chi connectivity index (χ1n) is 23.0. The Bertz CT molecular complexity index is 1000. The molecule has 0 aliphatic rings. The topological polar surface area (TPSA) is 119 Å². The molecule has 0 aromatic rings. The van der Waals surface area contributed by atoms with Crippen LogP contribution in [0.25, 0.3) is 0 Å². The number of carbonyl (C=O) groups is 3. The molecule has 0 aliphatic carbocycles. The van der Waals surface area contributed by atoms with Gasteiger partial charge < -0.3 is 20.9 Å². The number of aliphatic carboxylic acids is 1. The molecule has 1 amide bonds. The van der Waals surface area contributed by atoms with Crippen LogP contribution in [-0.2, 0) is 19.1 Å². The van der Waals surface area contributed by atoms with E-state index in [1.807, 2.05) is 6.08 Å². The molecule has 0 aromatic carbocycles. The van der Waals surface area contributed by atoms with Gasteiger partial charge in [0.15, 0.2) is 0 Å². The highest BCUT2D eigenvalue weighted by molar-refractivity contribution is 5.83. The minimum absolute atomic E-state index is 0.133. The molecule has 7 nitrogen and oxygen atoms in total. The molecular formula is C48H86N2O5. The molecule has 0 rings (SSSR count). The van der Waals surface area contributed by atoms with Crippen molar-refractivity contribution in [2.75, 3.05) is 6.54 Å². The SMILES string of the molecule is CC/C=C\C/C=C\C/C=C\C/C=C\C(CCCCCC(=O)NC(CCCN)C(=O)O)OC(=O)CCCCCCCCCCCCCCCCCCCCCC. The second-order valence-corrected chi connectivity index (χ2v) is 15.4. The van der Waals surface area contributed by atoms with E-state index in [4.69, 9.17) is 10.5 Å². The maximum Gasteiger partial charge on any atom is 0.326 e. The van der Waals surface area contributed by atoms with E-state index in [2.05, 4.69) is 61.7 Å². The summed E-state index contributed by atoms with van der Waals surface area (Å²) in [5.74, 6) is -1.41. The average Bonchev–Trinajstić information content (AvgIpc) is 3.17. The molecule has 318 valence electrons. The standard InChI is InChI=1S/C48H86N2O5/c1-3-5-7-9-11-13-15-16-17-18-19-20-21-22-23-25-27-29-31-36-42-47(52)55-44(38-33-30-28-26-24-14-12-10-8-6-4-2)39-34-32-35-41-46(51)50-45(48(53)54)40-37-43-49/h6,8,12,14,26,28,33,38,44-45H,3-5,7,9-11,13,15-25,27,29-32,34-37,39-43,49H2,1-2H3,(H,50,51)(H,53,54)/b8-6-,14-12-,28-26-,38-33-. The number of carbonyl (C=O) groups excluding carboxylic acids is 2. The smallest absolute Gasteiger partial charge is 0.326 e. The van der Waals surface area contributed by atoms with Crippen LogP contribution in [-0.4, -0.2) is 41.6 Å². The van der Waals surface area contributed by atoms with E-state index in [-0.39, 0.29) is 24.4 Å². The van der Waals surface area contributed by atoms with Crippen molar-refractivity contribution in [2.45, 2.75) is 231 Å². The summed E-state index contributed by atoms with van der Waals surface area (Å²) in [6.45, 7) is 4.82. The monoisotopic (exact) mass is 771 g/mol. The molecule has 0 spiro atoms. The first kappa shape index (κ1) is 52.3. The summed E-state index contributed by atoms with van der Waals surface area (Å²) < 4.78 is 5.90. The van der Waals surface area contributed by atoms with Crippen molar-refractivity contribution >= 4 is 17.8 Å². The number of esters is 1. The predicted molar refractivity (Wildman–Crippen MR) is 234 cm³/mol. The summed E-state index contributed by atoms with van der Waals surface area (Å²) in [6.07, 6.45) is 51.8. The van der Waals surface area contributed by atoms with Crippen LogP contribution in [0.3, 0.4) is 0 Å². The van der Waals surface area contributed by atoms with Gasteiger partial charge in [0.2, 0.25) is 5.91 Å². The minimum atomic E-state index is -1.03. The van der Waals surface area contributed by atoms with E-state index in [0.29, 0.717) is 38.6 Å². The number of nitrogens with two attached hydrogens (primary N) is 1. The zero-order valence-electron chi connectivity index (χ0n) is 35.8. The van der Waals surface area contributed by atoms with Crippen LogP contribution in [0.1, 0.15) is 219 Å². The summed E-state index contributed by atoms with van der Waals surface area (Å²) in [4.78, 5) is 36.5. The number of nitrogens with one attached hydrogen (secondary N) is 1. The van der Waals surface area contributed by atoms with Crippen LogP contribution in [0.4, 0.5) is 0 Å². The average molecular weight is 771 g/mol. The van der Waals surface area contributed by atoms with Gasteiger partial charge >= 0.3 is 11.9 Å². The van der Waals surface area contributed by atoms with Crippen molar-refractivity contribution in [3.8, 4) is 0 Å². The van der Waals surface area contributed by atoms with Gasteiger partial charge in [-0.2, -0.15) is 0 Å². The van der Waals surface area contributed by atoms with Gasteiger partial charge in [-0.1, -0.05) is 185 Å². The van der Waals surface area contributed by atoms with Gasteiger partial charge in [-0.05, 0) is 76.8 Å². The number of allylic oxidation sites excluding steroid dienone is 7. The van der Waals surface area contributed by atoms with Crippen molar-refractivity contribution in [1.29, 1.82) is 0 Å². The van der Waals surface area contributed by atoms with Gasteiger partial charge in [0, 0.05) is 12.8 Å². The number of hydrogen-bond donors (Lipinski definition) is 3. The molecule has 0 fully saturated rings. The Balaban J connectivity index is 4.29. The van der Waals surface area contributed by atoms with E-state index in [0.717, 1.165) is 51.4 Å². The first-order chi connectivity index (χ1) is 26.9. The fraction of sp³-hybridized carbons (Fsp3) is 0.771. The zero-order valence-corrected chi connectivity index (χ0v) is 35.8. The van der Waals surface area contributed by atoms with Gasteiger partial charge in [0.1, 0.15) is 12.1 Å². The fourth-order valence-electron chi connectivity index (χ4n) is 6.71. The second-order valence-electron chi connectivity index (χ2n) is 15.4. The Labute approximate surface area is 338 Å². The maximum atomic E-state index is 12.8. The molecule has 0 aliphatic heterocycles. The highest BCUT2D eigenvalue weighted by Crippen LogP contribution is 2.16. The molecule has 2 atom stereocenters.